The molecule has 4 unspecified atom stereocenters. The van der Waals surface area contributed by atoms with E-state index >= 15 is 0 Å². The van der Waals surface area contributed by atoms with Crippen LogP contribution >= 0.6 is 0 Å². The summed E-state index contributed by atoms with van der Waals surface area (Å²) in [6, 6.07) is 9.83. The first-order valence-corrected chi connectivity index (χ1v) is 11.3. The molecular formula is C27H30F2O2. The van der Waals surface area contributed by atoms with Crippen LogP contribution in [0.25, 0.3) is 0 Å². The van der Waals surface area contributed by atoms with E-state index in [1.54, 1.807) is 24.3 Å². The minimum absolute atomic E-state index is 0.227. The molecule has 2 aromatic rings. The lowest BCUT2D eigenvalue weighted by molar-refractivity contribution is -0.00956. The van der Waals surface area contributed by atoms with Crippen molar-refractivity contribution >= 4 is 0 Å². The van der Waals surface area contributed by atoms with Crippen molar-refractivity contribution in [3.63, 3.8) is 0 Å². The van der Waals surface area contributed by atoms with E-state index in [1.165, 1.54) is 32.4 Å². The molecule has 0 N–H and O–H groups in total. The lowest BCUT2D eigenvalue weighted by Gasteiger charge is -2.42. The van der Waals surface area contributed by atoms with Crippen molar-refractivity contribution in [2.45, 2.75) is 57.5 Å². The Morgan fingerprint density at radius 1 is 0.871 bits per heavy atom. The first-order chi connectivity index (χ1) is 15.1. The molecule has 0 heterocycles. The summed E-state index contributed by atoms with van der Waals surface area (Å²) in [5.74, 6) is 7.01. The fraction of sp³-hybridized carbons (Fsp3) is 0.481. The third-order valence-electron chi connectivity index (χ3n) is 6.94. The molecule has 2 aliphatic rings. The first kappa shape index (κ1) is 21.8. The fourth-order valence-corrected chi connectivity index (χ4v) is 5.28. The molecule has 0 aliphatic heterocycles. The Hall–Kier alpha value is -2.38. The van der Waals surface area contributed by atoms with E-state index in [2.05, 4.69) is 18.8 Å². The molecule has 0 aromatic heterocycles. The third kappa shape index (κ3) is 5.10. The van der Waals surface area contributed by atoms with Gasteiger partial charge < -0.3 is 9.47 Å². The van der Waals surface area contributed by atoms with Crippen LogP contribution in [0.15, 0.2) is 36.4 Å². The third-order valence-corrected chi connectivity index (χ3v) is 6.94. The van der Waals surface area contributed by atoms with Gasteiger partial charge in [-0.15, -0.1) is 0 Å². The Balaban J connectivity index is 1.43. The molecule has 2 aromatic carbocycles. The first-order valence-electron chi connectivity index (χ1n) is 11.3. The molecule has 4 rings (SSSR count). The summed E-state index contributed by atoms with van der Waals surface area (Å²) in [5.41, 5.74) is 1.58. The molecule has 164 valence electrons. The van der Waals surface area contributed by atoms with Crippen LogP contribution in [-0.4, -0.2) is 19.8 Å². The van der Waals surface area contributed by atoms with E-state index in [0.29, 0.717) is 23.3 Å². The second-order valence-corrected chi connectivity index (χ2v) is 8.76. The summed E-state index contributed by atoms with van der Waals surface area (Å²) in [4.78, 5) is 0. The molecule has 4 atom stereocenters. The van der Waals surface area contributed by atoms with Gasteiger partial charge in [0.15, 0.2) is 0 Å². The molecule has 0 radical (unpaired) electrons. The molecule has 2 aliphatic carbocycles. The van der Waals surface area contributed by atoms with Crippen molar-refractivity contribution in [3.8, 4) is 17.6 Å². The van der Waals surface area contributed by atoms with Crippen LogP contribution in [0, 0.1) is 35.3 Å². The minimum atomic E-state index is -0.473. The topological polar surface area (TPSA) is 18.5 Å². The standard InChI is InChI=1S/C27H30F2O2/c1-3-31-25-13-11-21-14-20(8-9-22(21)15-25)23-7-6-18(26(28)16-23)4-5-19-10-12-24(30-2)17-27(19)29/h6-7,10,12,16-17,20-22,25H,3,8-9,11,13-15H2,1-2H3. The monoisotopic (exact) mass is 424 g/mol. The maximum atomic E-state index is 14.8. The van der Waals surface area contributed by atoms with Crippen LogP contribution in [0.1, 0.15) is 68.1 Å². The number of halogens is 2. The summed E-state index contributed by atoms with van der Waals surface area (Å²) < 4.78 is 39.7. The zero-order valence-corrected chi connectivity index (χ0v) is 18.3. The predicted molar refractivity (Wildman–Crippen MR) is 118 cm³/mol. The van der Waals surface area contributed by atoms with Gasteiger partial charge >= 0.3 is 0 Å². The highest BCUT2D eigenvalue weighted by Crippen LogP contribution is 2.46. The summed E-state index contributed by atoms with van der Waals surface area (Å²) in [5, 5.41) is 0. The molecule has 0 amide bonds. The second kappa shape index (κ2) is 9.83. The second-order valence-electron chi connectivity index (χ2n) is 8.76. The number of hydrogen-bond donors (Lipinski definition) is 0. The van der Waals surface area contributed by atoms with Crippen LogP contribution in [0.3, 0.4) is 0 Å². The van der Waals surface area contributed by atoms with Gasteiger partial charge in [0, 0.05) is 12.7 Å². The summed E-state index contributed by atoms with van der Waals surface area (Å²) in [6.45, 7) is 2.86. The number of hydrogen-bond acceptors (Lipinski definition) is 2. The van der Waals surface area contributed by atoms with Gasteiger partial charge in [-0.25, -0.2) is 8.78 Å². The highest BCUT2D eigenvalue weighted by molar-refractivity contribution is 5.46. The van der Waals surface area contributed by atoms with Gasteiger partial charge in [-0.1, -0.05) is 17.9 Å². The molecule has 2 fully saturated rings. The lowest BCUT2D eigenvalue weighted by Crippen LogP contribution is -2.33. The average molecular weight is 425 g/mol. The number of methoxy groups -OCH3 is 1. The summed E-state index contributed by atoms with van der Waals surface area (Å²) in [7, 11) is 1.48. The van der Waals surface area contributed by atoms with Crippen molar-refractivity contribution in [1.82, 2.24) is 0 Å². The van der Waals surface area contributed by atoms with Crippen LogP contribution in [0.4, 0.5) is 8.78 Å². The molecule has 4 heteroatoms. The van der Waals surface area contributed by atoms with Crippen molar-refractivity contribution in [2.75, 3.05) is 13.7 Å². The summed E-state index contributed by atoms with van der Waals surface area (Å²) >= 11 is 0. The van der Waals surface area contributed by atoms with E-state index in [-0.39, 0.29) is 11.4 Å². The van der Waals surface area contributed by atoms with E-state index in [9.17, 15) is 8.78 Å². The number of ether oxygens (including phenoxy) is 2. The van der Waals surface area contributed by atoms with Crippen LogP contribution in [-0.2, 0) is 4.74 Å². The maximum absolute atomic E-state index is 14.8. The average Bonchev–Trinajstić information content (AvgIpc) is 2.78. The highest BCUT2D eigenvalue weighted by atomic mass is 19.1. The van der Waals surface area contributed by atoms with Crippen LogP contribution in [0.5, 0.6) is 5.75 Å². The summed E-state index contributed by atoms with van der Waals surface area (Å²) in [6.07, 6.45) is 7.38. The Morgan fingerprint density at radius 3 is 2.23 bits per heavy atom. The van der Waals surface area contributed by atoms with E-state index < -0.39 is 5.82 Å². The van der Waals surface area contributed by atoms with E-state index in [4.69, 9.17) is 9.47 Å². The Morgan fingerprint density at radius 2 is 1.55 bits per heavy atom. The van der Waals surface area contributed by atoms with E-state index in [0.717, 1.165) is 43.3 Å². The molecule has 0 spiro atoms. The van der Waals surface area contributed by atoms with Gasteiger partial charge in [-0.05, 0) is 93.0 Å². The SMILES string of the molecule is CCOC1CCC2CC(c3ccc(C#Cc4ccc(OC)cc4F)c(F)c3)CCC2C1. The van der Waals surface area contributed by atoms with Crippen molar-refractivity contribution in [2.24, 2.45) is 11.8 Å². The van der Waals surface area contributed by atoms with Gasteiger partial charge in [0.2, 0.25) is 0 Å². The van der Waals surface area contributed by atoms with Crippen molar-refractivity contribution in [3.05, 3.63) is 64.7 Å². The highest BCUT2D eigenvalue weighted by Gasteiger charge is 2.36. The lowest BCUT2D eigenvalue weighted by atomic mass is 9.65. The minimum Gasteiger partial charge on any atom is -0.497 e. The molecule has 31 heavy (non-hydrogen) atoms. The van der Waals surface area contributed by atoms with Gasteiger partial charge in [0.1, 0.15) is 17.4 Å². The quantitative estimate of drug-likeness (QED) is 0.524. The smallest absolute Gasteiger partial charge is 0.142 e. The Labute approximate surface area is 184 Å². The van der Waals surface area contributed by atoms with Gasteiger partial charge in [0.25, 0.3) is 0 Å². The predicted octanol–water partition coefficient (Wildman–Crippen LogP) is 6.46. The fourth-order valence-electron chi connectivity index (χ4n) is 5.28. The maximum Gasteiger partial charge on any atom is 0.142 e. The zero-order chi connectivity index (χ0) is 21.8. The zero-order valence-electron chi connectivity index (χ0n) is 18.3. The molecule has 2 saturated carbocycles. The van der Waals surface area contributed by atoms with Crippen molar-refractivity contribution < 1.29 is 18.3 Å². The largest absolute Gasteiger partial charge is 0.497 e. The number of benzene rings is 2. The molecule has 0 saturated heterocycles. The van der Waals surface area contributed by atoms with E-state index in [1.807, 2.05) is 6.07 Å². The van der Waals surface area contributed by atoms with Gasteiger partial charge in [-0.3, -0.25) is 0 Å². The Bertz CT molecular complexity index is 975. The van der Waals surface area contributed by atoms with Crippen LogP contribution < -0.4 is 4.74 Å². The molecular weight excluding hydrogens is 394 g/mol. The number of rotatable bonds is 4. The molecule has 2 nitrogen and oxygen atoms in total. The van der Waals surface area contributed by atoms with Gasteiger partial charge in [-0.2, -0.15) is 0 Å². The van der Waals surface area contributed by atoms with Gasteiger partial charge in [0.05, 0.1) is 24.3 Å². The Kier molecular flexibility index (Phi) is 6.92. The van der Waals surface area contributed by atoms with Crippen molar-refractivity contribution in [1.29, 1.82) is 0 Å². The number of fused-ring (bicyclic) bond motifs is 1. The molecule has 0 bridgehead atoms. The van der Waals surface area contributed by atoms with Crippen LogP contribution in [0.2, 0.25) is 0 Å². The normalized spacial score (nSPS) is 25.3.